The molecule has 0 fully saturated rings. The molecule has 0 aliphatic rings. The fourth-order valence-electron chi connectivity index (χ4n) is 1.63. The summed E-state index contributed by atoms with van der Waals surface area (Å²) in [5.74, 6) is 1.47. The molecule has 0 saturated carbocycles. The number of carbonyl (C=O) groups is 1. The van der Waals surface area contributed by atoms with Crippen molar-refractivity contribution < 1.29 is 9.53 Å². The molecule has 0 aliphatic carbocycles. The van der Waals surface area contributed by atoms with Crippen LogP contribution in [0.2, 0.25) is 0 Å². The van der Waals surface area contributed by atoms with Gasteiger partial charge in [-0.15, -0.1) is 0 Å². The second-order valence-corrected chi connectivity index (χ2v) is 4.95. The van der Waals surface area contributed by atoms with E-state index in [1.54, 1.807) is 18.9 Å². The van der Waals surface area contributed by atoms with Crippen molar-refractivity contribution in [3.8, 4) is 5.75 Å². The molecule has 0 bridgehead atoms. The van der Waals surface area contributed by atoms with Crippen molar-refractivity contribution in [1.29, 1.82) is 0 Å². The Bertz CT molecular complexity index is 385. The predicted molar refractivity (Wildman–Crippen MR) is 77.2 cm³/mol. The Hall–Kier alpha value is -1.36. The molecule has 1 amide bonds. The van der Waals surface area contributed by atoms with E-state index in [1.807, 2.05) is 24.3 Å². The fraction of sp³-hybridized carbons (Fsp3) is 0.462. The molecule has 0 radical (unpaired) electrons. The Labute approximate surface area is 112 Å². The lowest BCUT2D eigenvalue weighted by atomic mass is 10.1. The summed E-state index contributed by atoms with van der Waals surface area (Å²) >= 11 is 1.77. The van der Waals surface area contributed by atoms with E-state index in [4.69, 9.17) is 10.5 Å². The highest BCUT2D eigenvalue weighted by atomic mass is 32.2. The lowest BCUT2D eigenvalue weighted by Crippen LogP contribution is -2.35. The first-order valence-corrected chi connectivity index (χ1v) is 7.25. The maximum absolute atomic E-state index is 11.4. The van der Waals surface area contributed by atoms with E-state index in [2.05, 4.69) is 11.6 Å². The van der Waals surface area contributed by atoms with Crippen LogP contribution in [0.25, 0.3) is 0 Å². The zero-order chi connectivity index (χ0) is 13.4. The van der Waals surface area contributed by atoms with E-state index in [0.29, 0.717) is 0 Å². The van der Waals surface area contributed by atoms with E-state index >= 15 is 0 Å². The molecule has 1 unspecified atom stereocenters. The van der Waals surface area contributed by atoms with E-state index in [1.165, 1.54) is 0 Å². The summed E-state index contributed by atoms with van der Waals surface area (Å²) in [7, 11) is 1.61. The van der Waals surface area contributed by atoms with Crippen LogP contribution in [0, 0.1) is 0 Å². The first kappa shape index (κ1) is 14.7. The SMILES string of the molecule is COc1cccc(NC(CCCSC)C(N)=O)c1. The molecule has 0 saturated heterocycles. The second kappa shape index (κ2) is 7.87. The third kappa shape index (κ3) is 4.87. The largest absolute Gasteiger partial charge is 0.497 e. The number of benzene rings is 1. The monoisotopic (exact) mass is 268 g/mol. The predicted octanol–water partition coefficient (Wildman–Crippen LogP) is 2.10. The van der Waals surface area contributed by atoms with Gasteiger partial charge in [-0.1, -0.05) is 6.07 Å². The van der Waals surface area contributed by atoms with Crippen LogP contribution in [0.4, 0.5) is 5.69 Å². The molecule has 1 rings (SSSR count). The van der Waals surface area contributed by atoms with E-state index < -0.39 is 0 Å². The third-order valence-electron chi connectivity index (χ3n) is 2.60. The molecule has 0 heterocycles. The van der Waals surface area contributed by atoms with Crippen molar-refractivity contribution in [3.63, 3.8) is 0 Å². The average Bonchev–Trinajstić information content (AvgIpc) is 2.38. The minimum atomic E-state index is -0.329. The topological polar surface area (TPSA) is 64.3 Å². The third-order valence-corrected chi connectivity index (χ3v) is 3.29. The van der Waals surface area contributed by atoms with Crippen molar-refractivity contribution in [2.24, 2.45) is 5.73 Å². The first-order valence-electron chi connectivity index (χ1n) is 5.86. The smallest absolute Gasteiger partial charge is 0.239 e. The van der Waals surface area contributed by atoms with Gasteiger partial charge in [0.05, 0.1) is 7.11 Å². The number of amides is 1. The Morgan fingerprint density at radius 2 is 2.33 bits per heavy atom. The number of nitrogens with two attached hydrogens (primary N) is 1. The summed E-state index contributed by atoms with van der Waals surface area (Å²) in [5.41, 5.74) is 6.25. The van der Waals surface area contributed by atoms with E-state index in [-0.39, 0.29) is 11.9 Å². The Morgan fingerprint density at radius 3 is 2.94 bits per heavy atom. The highest BCUT2D eigenvalue weighted by Crippen LogP contribution is 2.18. The molecular formula is C13H20N2O2S. The molecule has 18 heavy (non-hydrogen) atoms. The van der Waals surface area contributed by atoms with Crippen molar-refractivity contribution in [2.45, 2.75) is 18.9 Å². The van der Waals surface area contributed by atoms with Crippen LogP contribution in [-0.4, -0.2) is 31.1 Å². The Morgan fingerprint density at radius 1 is 1.56 bits per heavy atom. The molecule has 5 heteroatoms. The van der Waals surface area contributed by atoms with Gasteiger partial charge in [0.2, 0.25) is 5.91 Å². The summed E-state index contributed by atoms with van der Waals surface area (Å²) in [6.07, 6.45) is 3.76. The number of ether oxygens (including phenoxy) is 1. The van der Waals surface area contributed by atoms with Gasteiger partial charge >= 0.3 is 0 Å². The summed E-state index contributed by atoms with van der Waals surface area (Å²) in [6.45, 7) is 0. The van der Waals surface area contributed by atoms with E-state index in [9.17, 15) is 4.79 Å². The zero-order valence-electron chi connectivity index (χ0n) is 10.8. The van der Waals surface area contributed by atoms with Crippen molar-refractivity contribution in [3.05, 3.63) is 24.3 Å². The lowest BCUT2D eigenvalue weighted by Gasteiger charge is -2.16. The zero-order valence-corrected chi connectivity index (χ0v) is 11.6. The normalized spacial score (nSPS) is 11.9. The molecule has 0 aliphatic heterocycles. The van der Waals surface area contributed by atoms with Crippen molar-refractivity contribution in [1.82, 2.24) is 0 Å². The number of thioether (sulfide) groups is 1. The summed E-state index contributed by atoms with van der Waals surface area (Å²) < 4.78 is 5.14. The van der Waals surface area contributed by atoms with Crippen LogP contribution in [0.5, 0.6) is 5.75 Å². The van der Waals surface area contributed by atoms with Gasteiger partial charge in [0.15, 0.2) is 0 Å². The highest BCUT2D eigenvalue weighted by molar-refractivity contribution is 7.98. The van der Waals surface area contributed by atoms with Gasteiger partial charge in [-0.3, -0.25) is 4.79 Å². The van der Waals surface area contributed by atoms with E-state index in [0.717, 1.165) is 30.0 Å². The quantitative estimate of drug-likeness (QED) is 0.709. The standard InChI is InChI=1S/C13H20N2O2S/c1-17-11-6-3-5-10(9-11)15-12(13(14)16)7-4-8-18-2/h3,5-6,9,12,15H,4,7-8H2,1-2H3,(H2,14,16). The van der Waals surface area contributed by atoms with Gasteiger partial charge < -0.3 is 15.8 Å². The molecule has 0 aromatic heterocycles. The van der Waals surface area contributed by atoms with Gasteiger partial charge in [0.25, 0.3) is 0 Å². The van der Waals surface area contributed by atoms with Gasteiger partial charge in [-0.2, -0.15) is 11.8 Å². The number of hydrogen-bond acceptors (Lipinski definition) is 4. The minimum absolute atomic E-state index is 0.320. The van der Waals surface area contributed by atoms with Crippen LogP contribution in [0.1, 0.15) is 12.8 Å². The van der Waals surface area contributed by atoms with Crippen LogP contribution in [0.15, 0.2) is 24.3 Å². The van der Waals surface area contributed by atoms with Crippen LogP contribution >= 0.6 is 11.8 Å². The van der Waals surface area contributed by atoms with Crippen molar-refractivity contribution in [2.75, 3.05) is 24.4 Å². The average molecular weight is 268 g/mol. The lowest BCUT2D eigenvalue weighted by molar-refractivity contribution is -0.118. The van der Waals surface area contributed by atoms with Crippen LogP contribution in [0.3, 0.4) is 0 Å². The number of anilines is 1. The summed E-state index contributed by atoms with van der Waals surface area (Å²) in [6, 6.07) is 7.15. The summed E-state index contributed by atoms with van der Waals surface area (Å²) in [5, 5.41) is 3.15. The minimum Gasteiger partial charge on any atom is -0.497 e. The molecule has 1 atom stereocenters. The van der Waals surface area contributed by atoms with Crippen LogP contribution < -0.4 is 15.8 Å². The maximum atomic E-state index is 11.4. The Balaban J connectivity index is 2.61. The fourth-order valence-corrected chi connectivity index (χ4v) is 2.09. The van der Waals surface area contributed by atoms with Gasteiger partial charge in [0, 0.05) is 11.8 Å². The second-order valence-electron chi connectivity index (χ2n) is 3.97. The van der Waals surface area contributed by atoms with Gasteiger partial charge in [-0.05, 0) is 37.0 Å². The summed E-state index contributed by atoms with van der Waals surface area (Å²) in [4.78, 5) is 11.4. The highest BCUT2D eigenvalue weighted by Gasteiger charge is 2.14. The molecule has 0 spiro atoms. The Kier molecular flexibility index (Phi) is 6.43. The number of hydrogen-bond donors (Lipinski definition) is 2. The van der Waals surface area contributed by atoms with Crippen molar-refractivity contribution >= 4 is 23.4 Å². The molecule has 3 N–H and O–H groups in total. The number of rotatable bonds is 8. The maximum Gasteiger partial charge on any atom is 0.239 e. The number of carbonyl (C=O) groups excluding carboxylic acids is 1. The molecular weight excluding hydrogens is 248 g/mol. The molecule has 4 nitrogen and oxygen atoms in total. The first-order chi connectivity index (χ1) is 8.67. The number of methoxy groups -OCH3 is 1. The molecule has 1 aromatic carbocycles. The number of primary amides is 1. The van der Waals surface area contributed by atoms with Crippen LogP contribution in [-0.2, 0) is 4.79 Å². The molecule has 100 valence electrons. The molecule has 1 aromatic rings. The number of nitrogens with one attached hydrogen (secondary N) is 1. The van der Waals surface area contributed by atoms with Gasteiger partial charge in [-0.25, -0.2) is 0 Å². The van der Waals surface area contributed by atoms with Gasteiger partial charge in [0.1, 0.15) is 11.8 Å².